The molecule has 102 valence electrons. The van der Waals surface area contributed by atoms with Gasteiger partial charge in [-0.25, -0.2) is 4.98 Å². The molecule has 0 fully saturated rings. The van der Waals surface area contributed by atoms with Crippen molar-refractivity contribution in [3.05, 3.63) is 53.2 Å². The molecule has 0 atom stereocenters. The van der Waals surface area contributed by atoms with Crippen LogP contribution >= 0.6 is 0 Å². The molecule has 0 unspecified atom stereocenters. The van der Waals surface area contributed by atoms with E-state index in [1.54, 1.807) is 12.1 Å². The third-order valence-corrected chi connectivity index (χ3v) is 2.86. The van der Waals surface area contributed by atoms with Crippen molar-refractivity contribution in [3.63, 3.8) is 0 Å². The lowest BCUT2D eigenvalue weighted by molar-refractivity contribution is 0.299. The number of ether oxygens (including phenoxy) is 1. The van der Waals surface area contributed by atoms with Gasteiger partial charge in [0.2, 0.25) is 0 Å². The first-order chi connectivity index (χ1) is 9.72. The van der Waals surface area contributed by atoms with Gasteiger partial charge < -0.3 is 10.1 Å². The number of aromatic nitrogens is 1. The number of hydrogen-bond donors (Lipinski definition) is 1. The summed E-state index contributed by atoms with van der Waals surface area (Å²) in [6.45, 7) is 5.20. The highest BCUT2D eigenvalue weighted by Gasteiger charge is 2.03. The molecule has 4 nitrogen and oxygen atoms in total. The first-order valence-corrected chi connectivity index (χ1v) is 6.56. The number of pyridine rings is 1. The number of nitriles is 1. The van der Waals surface area contributed by atoms with Crippen molar-refractivity contribution in [1.29, 1.82) is 5.26 Å². The van der Waals surface area contributed by atoms with Crippen LogP contribution in [0.15, 0.2) is 36.4 Å². The average molecular weight is 267 g/mol. The molecule has 1 aromatic heterocycles. The second-order valence-corrected chi connectivity index (χ2v) is 4.43. The Kier molecular flexibility index (Phi) is 4.56. The molecule has 0 aliphatic heterocycles. The lowest BCUT2D eigenvalue weighted by Crippen LogP contribution is -2.04. The van der Waals surface area contributed by atoms with Crippen LogP contribution in [0.3, 0.4) is 0 Å². The van der Waals surface area contributed by atoms with Crippen LogP contribution in [0.5, 0.6) is 5.75 Å². The van der Waals surface area contributed by atoms with E-state index in [1.165, 1.54) is 0 Å². The van der Waals surface area contributed by atoms with Crippen LogP contribution in [0.4, 0.5) is 5.82 Å². The van der Waals surface area contributed by atoms with Crippen LogP contribution in [0.25, 0.3) is 0 Å². The molecule has 2 rings (SSSR count). The molecule has 0 saturated heterocycles. The molecule has 1 heterocycles. The van der Waals surface area contributed by atoms with Crippen LogP contribution in [-0.2, 0) is 6.61 Å². The SMILES string of the molecule is CCNc1cccc(COc2cc(C#N)ccc2C)n1. The molecule has 0 amide bonds. The van der Waals surface area contributed by atoms with Crippen molar-refractivity contribution in [2.45, 2.75) is 20.5 Å². The van der Waals surface area contributed by atoms with E-state index in [9.17, 15) is 0 Å². The first-order valence-electron chi connectivity index (χ1n) is 6.56. The fourth-order valence-electron chi connectivity index (χ4n) is 1.82. The predicted molar refractivity (Wildman–Crippen MR) is 78.6 cm³/mol. The maximum atomic E-state index is 8.91. The van der Waals surface area contributed by atoms with Crippen LogP contribution in [0, 0.1) is 18.3 Å². The smallest absolute Gasteiger partial charge is 0.130 e. The summed E-state index contributed by atoms with van der Waals surface area (Å²) in [6, 6.07) is 13.3. The highest BCUT2D eigenvalue weighted by atomic mass is 16.5. The quantitative estimate of drug-likeness (QED) is 0.903. The largest absolute Gasteiger partial charge is 0.487 e. The van der Waals surface area contributed by atoms with Gasteiger partial charge in [0.25, 0.3) is 0 Å². The van der Waals surface area contributed by atoms with E-state index >= 15 is 0 Å². The van der Waals surface area contributed by atoms with Gasteiger partial charge in [-0.05, 0) is 43.7 Å². The normalized spacial score (nSPS) is 9.85. The Bertz CT molecular complexity index is 632. The monoisotopic (exact) mass is 267 g/mol. The molecular weight excluding hydrogens is 250 g/mol. The standard InChI is InChI=1S/C16H17N3O/c1-3-18-16-6-4-5-14(19-16)11-20-15-9-13(10-17)8-7-12(15)2/h4-9H,3,11H2,1-2H3,(H,18,19). The molecular formula is C16H17N3O. The average Bonchev–Trinajstić information content (AvgIpc) is 2.47. The van der Waals surface area contributed by atoms with Crippen molar-refractivity contribution >= 4 is 5.82 Å². The topological polar surface area (TPSA) is 57.9 Å². The number of anilines is 1. The van der Waals surface area contributed by atoms with Gasteiger partial charge in [0.1, 0.15) is 18.2 Å². The van der Waals surface area contributed by atoms with E-state index in [0.717, 1.165) is 29.4 Å². The van der Waals surface area contributed by atoms with Gasteiger partial charge in [-0.2, -0.15) is 5.26 Å². The van der Waals surface area contributed by atoms with Gasteiger partial charge in [-0.15, -0.1) is 0 Å². The number of rotatable bonds is 5. The molecule has 1 N–H and O–H groups in total. The zero-order valence-corrected chi connectivity index (χ0v) is 11.7. The van der Waals surface area contributed by atoms with Gasteiger partial charge in [-0.1, -0.05) is 12.1 Å². The molecule has 4 heteroatoms. The number of hydrogen-bond acceptors (Lipinski definition) is 4. The van der Waals surface area contributed by atoms with Gasteiger partial charge >= 0.3 is 0 Å². The molecule has 1 aromatic carbocycles. The molecule has 20 heavy (non-hydrogen) atoms. The van der Waals surface area contributed by atoms with Crippen molar-refractivity contribution in [2.24, 2.45) is 0 Å². The van der Waals surface area contributed by atoms with Crippen LogP contribution in [0.1, 0.15) is 23.7 Å². The Morgan fingerprint density at radius 3 is 2.90 bits per heavy atom. The second-order valence-electron chi connectivity index (χ2n) is 4.43. The van der Waals surface area contributed by atoms with Gasteiger partial charge in [-0.3, -0.25) is 0 Å². The Morgan fingerprint density at radius 2 is 2.15 bits per heavy atom. The summed E-state index contributed by atoms with van der Waals surface area (Å²) in [5.41, 5.74) is 2.46. The van der Waals surface area contributed by atoms with E-state index in [0.29, 0.717) is 12.2 Å². The molecule has 0 saturated carbocycles. The third-order valence-electron chi connectivity index (χ3n) is 2.86. The summed E-state index contributed by atoms with van der Waals surface area (Å²) < 4.78 is 5.76. The number of nitrogens with one attached hydrogen (secondary N) is 1. The maximum Gasteiger partial charge on any atom is 0.130 e. The van der Waals surface area contributed by atoms with Gasteiger partial charge in [0.05, 0.1) is 17.3 Å². The van der Waals surface area contributed by atoms with E-state index in [4.69, 9.17) is 10.00 Å². The van der Waals surface area contributed by atoms with Crippen LogP contribution in [-0.4, -0.2) is 11.5 Å². The molecule has 0 radical (unpaired) electrons. The van der Waals surface area contributed by atoms with Crippen LogP contribution < -0.4 is 10.1 Å². The van der Waals surface area contributed by atoms with E-state index in [2.05, 4.69) is 16.4 Å². The molecule has 0 bridgehead atoms. The number of aryl methyl sites for hydroxylation is 1. The van der Waals surface area contributed by atoms with E-state index in [1.807, 2.05) is 38.1 Å². The minimum absolute atomic E-state index is 0.384. The Labute approximate surface area is 119 Å². The lowest BCUT2D eigenvalue weighted by atomic mass is 10.1. The highest BCUT2D eigenvalue weighted by molar-refractivity contribution is 5.42. The summed E-state index contributed by atoms with van der Waals surface area (Å²) in [7, 11) is 0. The predicted octanol–water partition coefficient (Wildman–Crippen LogP) is 3.27. The van der Waals surface area contributed by atoms with E-state index in [-0.39, 0.29) is 0 Å². The summed E-state index contributed by atoms with van der Waals surface area (Å²) in [6.07, 6.45) is 0. The fraction of sp³-hybridized carbons (Fsp3) is 0.250. The van der Waals surface area contributed by atoms with Crippen molar-refractivity contribution < 1.29 is 4.74 Å². The van der Waals surface area contributed by atoms with Crippen molar-refractivity contribution in [1.82, 2.24) is 4.98 Å². The second kappa shape index (κ2) is 6.58. The Hall–Kier alpha value is -2.54. The zero-order chi connectivity index (χ0) is 14.4. The minimum Gasteiger partial charge on any atom is -0.487 e. The number of nitrogens with zero attached hydrogens (tertiary/aromatic N) is 2. The lowest BCUT2D eigenvalue weighted by Gasteiger charge is -2.10. The minimum atomic E-state index is 0.384. The summed E-state index contributed by atoms with van der Waals surface area (Å²) >= 11 is 0. The van der Waals surface area contributed by atoms with Crippen molar-refractivity contribution in [3.8, 4) is 11.8 Å². The summed E-state index contributed by atoms with van der Waals surface area (Å²) in [4.78, 5) is 4.45. The summed E-state index contributed by atoms with van der Waals surface area (Å²) in [5.74, 6) is 1.57. The number of benzene rings is 1. The third kappa shape index (κ3) is 3.48. The van der Waals surface area contributed by atoms with Crippen molar-refractivity contribution in [2.75, 3.05) is 11.9 Å². The van der Waals surface area contributed by atoms with E-state index < -0.39 is 0 Å². The highest BCUT2D eigenvalue weighted by Crippen LogP contribution is 2.20. The van der Waals surface area contributed by atoms with Crippen LogP contribution in [0.2, 0.25) is 0 Å². The van der Waals surface area contributed by atoms with Gasteiger partial charge in [0.15, 0.2) is 0 Å². The molecule has 0 spiro atoms. The molecule has 0 aliphatic rings. The zero-order valence-electron chi connectivity index (χ0n) is 11.7. The fourth-order valence-corrected chi connectivity index (χ4v) is 1.82. The molecule has 0 aliphatic carbocycles. The first kappa shape index (κ1) is 13.9. The Morgan fingerprint density at radius 1 is 1.30 bits per heavy atom. The van der Waals surface area contributed by atoms with Gasteiger partial charge in [0, 0.05) is 6.54 Å². The Balaban J connectivity index is 2.09. The maximum absolute atomic E-state index is 8.91. The summed E-state index contributed by atoms with van der Waals surface area (Å²) in [5, 5.41) is 12.1. The molecule has 2 aromatic rings.